The standard InChI is InChI=1S/C13H24N4O3S/c1-4-11(5-2)17(8-9-20-3)21(18,19)13-10-15-7-6-12(13)16-14/h6-7,10-11H,4-5,8-9,14H2,1-3H3,(H,15,16). The number of nitrogens with one attached hydrogen (secondary N) is 1. The SMILES string of the molecule is CCC(CC)N(CCOC)S(=O)(=O)c1cnccc1NN. The van der Waals surface area contributed by atoms with Gasteiger partial charge >= 0.3 is 0 Å². The van der Waals surface area contributed by atoms with Crippen LogP contribution in [0.25, 0.3) is 0 Å². The third-order valence-corrected chi connectivity index (χ3v) is 5.37. The number of hydrazine groups is 1. The van der Waals surface area contributed by atoms with Crippen molar-refractivity contribution < 1.29 is 13.2 Å². The van der Waals surface area contributed by atoms with Gasteiger partial charge in [-0.3, -0.25) is 10.8 Å². The Morgan fingerprint density at radius 3 is 2.62 bits per heavy atom. The average Bonchev–Trinajstić information content (AvgIpc) is 2.51. The van der Waals surface area contributed by atoms with Crippen molar-refractivity contribution in [3.8, 4) is 0 Å². The van der Waals surface area contributed by atoms with E-state index >= 15 is 0 Å². The molecule has 0 fully saturated rings. The number of ether oxygens (including phenoxy) is 1. The molecule has 1 rings (SSSR count). The van der Waals surface area contributed by atoms with Crippen molar-refractivity contribution in [3.05, 3.63) is 18.5 Å². The van der Waals surface area contributed by atoms with Crippen molar-refractivity contribution in [2.75, 3.05) is 25.7 Å². The van der Waals surface area contributed by atoms with Crippen molar-refractivity contribution in [2.45, 2.75) is 37.6 Å². The van der Waals surface area contributed by atoms with E-state index in [4.69, 9.17) is 10.6 Å². The molecule has 0 aliphatic carbocycles. The summed E-state index contributed by atoms with van der Waals surface area (Å²) < 4.78 is 32.3. The van der Waals surface area contributed by atoms with E-state index in [2.05, 4.69) is 10.4 Å². The molecule has 0 amide bonds. The molecule has 7 nitrogen and oxygen atoms in total. The van der Waals surface area contributed by atoms with Crippen LogP contribution in [0.2, 0.25) is 0 Å². The Balaban J connectivity index is 3.25. The van der Waals surface area contributed by atoms with Crippen LogP contribution in [0.3, 0.4) is 0 Å². The summed E-state index contributed by atoms with van der Waals surface area (Å²) >= 11 is 0. The van der Waals surface area contributed by atoms with E-state index in [-0.39, 0.29) is 10.9 Å². The number of nitrogens with two attached hydrogens (primary N) is 1. The predicted octanol–water partition coefficient (Wildman–Crippen LogP) is 1.19. The molecule has 0 saturated heterocycles. The minimum Gasteiger partial charge on any atom is -0.383 e. The number of hydrogen-bond donors (Lipinski definition) is 2. The van der Waals surface area contributed by atoms with Crippen molar-refractivity contribution in [1.82, 2.24) is 9.29 Å². The largest absolute Gasteiger partial charge is 0.383 e. The Morgan fingerprint density at radius 1 is 1.43 bits per heavy atom. The first-order valence-electron chi connectivity index (χ1n) is 6.94. The first-order chi connectivity index (χ1) is 10.0. The van der Waals surface area contributed by atoms with Gasteiger partial charge in [-0.25, -0.2) is 8.42 Å². The molecule has 0 aliphatic rings. The van der Waals surface area contributed by atoms with Gasteiger partial charge in [0, 0.05) is 32.1 Å². The van der Waals surface area contributed by atoms with Crippen LogP contribution < -0.4 is 11.3 Å². The number of hydrogen-bond acceptors (Lipinski definition) is 6. The van der Waals surface area contributed by atoms with Crippen LogP contribution in [0.15, 0.2) is 23.4 Å². The Labute approximate surface area is 126 Å². The van der Waals surface area contributed by atoms with E-state index in [1.165, 1.54) is 22.8 Å². The van der Waals surface area contributed by atoms with Gasteiger partial charge in [-0.05, 0) is 18.9 Å². The van der Waals surface area contributed by atoms with E-state index in [9.17, 15) is 8.42 Å². The number of pyridine rings is 1. The van der Waals surface area contributed by atoms with Gasteiger partial charge in [0.25, 0.3) is 0 Å². The van der Waals surface area contributed by atoms with Crippen LogP contribution in [-0.4, -0.2) is 44.0 Å². The zero-order valence-electron chi connectivity index (χ0n) is 12.7. The number of anilines is 1. The summed E-state index contributed by atoms with van der Waals surface area (Å²) in [5.41, 5.74) is 2.74. The topological polar surface area (TPSA) is 97.5 Å². The second-order valence-corrected chi connectivity index (χ2v) is 6.45. The second-order valence-electron chi connectivity index (χ2n) is 4.60. The van der Waals surface area contributed by atoms with Gasteiger partial charge in [0.1, 0.15) is 4.90 Å². The summed E-state index contributed by atoms with van der Waals surface area (Å²) in [4.78, 5) is 3.98. The van der Waals surface area contributed by atoms with Crippen molar-refractivity contribution in [1.29, 1.82) is 0 Å². The maximum absolute atomic E-state index is 12.9. The minimum absolute atomic E-state index is 0.0792. The number of aromatic nitrogens is 1. The molecule has 0 saturated carbocycles. The molecule has 0 atom stereocenters. The maximum atomic E-state index is 12.9. The van der Waals surface area contributed by atoms with Crippen molar-refractivity contribution in [2.24, 2.45) is 5.84 Å². The molecule has 1 aromatic rings. The Bertz CT molecular complexity index is 532. The molecular formula is C13H24N4O3S. The molecule has 0 bridgehead atoms. The lowest BCUT2D eigenvalue weighted by molar-refractivity contribution is 0.163. The molecule has 8 heteroatoms. The van der Waals surface area contributed by atoms with Gasteiger partial charge in [0.05, 0.1) is 12.3 Å². The molecule has 3 N–H and O–H groups in total. The highest BCUT2D eigenvalue weighted by Crippen LogP contribution is 2.25. The number of sulfonamides is 1. The van der Waals surface area contributed by atoms with E-state index in [1.807, 2.05) is 13.8 Å². The predicted molar refractivity (Wildman–Crippen MR) is 82.2 cm³/mol. The number of rotatable bonds is 9. The first kappa shape index (κ1) is 17.8. The van der Waals surface area contributed by atoms with E-state index in [1.54, 1.807) is 7.11 Å². The summed E-state index contributed by atoms with van der Waals surface area (Å²) in [5, 5.41) is 0. The molecule has 0 aliphatic heterocycles. The minimum atomic E-state index is -3.69. The zero-order chi connectivity index (χ0) is 15.9. The Hall–Kier alpha value is -1.22. The van der Waals surface area contributed by atoms with Crippen LogP contribution in [0.1, 0.15) is 26.7 Å². The Kier molecular flexibility index (Phi) is 7.03. The molecular weight excluding hydrogens is 292 g/mol. The smallest absolute Gasteiger partial charge is 0.247 e. The second kappa shape index (κ2) is 8.28. The van der Waals surface area contributed by atoms with Gasteiger partial charge in [-0.2, -0.15) is 4.31 Å². The summed E-state index contributed by atoms with van der Waals surface area (Å²) in [6.45, 7) is 4.56. The van der Waals surface area contributed by atoms with Gasteiger partial charge < -0.3 is 10.2 Å². The van der Waals surface area contributed by atoms with Crippen LogP contribution >= 0.6 is 0 Å². The molecule has 0 radical (unpaired) electrons. The highest BCUT2D eigenvalue weighted by molar-refractivity contribution is 7.89. The quantitative estimate of drug-likeness (QED) is 0.525. The fourth-order valence-electron chi connectivity index (χ4n) is 2.21. The highest BCUT2D eigenvalue weighted by atomic mass is 32.2. The first-order valence-corrected chi connectivity index (χ1v) is 8.38. The summed E-state index contributed by atoms with van der Waals surface area (Å²) in [6, 6.07) is 1.45. The van der Waals surface area contributed by atoms with Crippen molar-refractivity contribution in [3.63, 3.8) is 0 Å². The molecule has 120 valence electrons. The van der Waals surface area contributed by atoms with Crippen LogP contribution in [-0.2, 0) is 14.8 Å². The molecule has 1 aromatic heterocycles. The van der Waals surface area contributed by atoms with Gasteiger partial charge in [0.2, 0.25) is 10.0 Å². The lowest BCUT2D eigenvalue weighted by Crippen LogP contribution is -2.42. The van der Waals surface area contributed by atoms with E-state index in [0.29, 0.717) is 18.8 Å². The lowest BCUT2D eigenvalue weighted by atomic mass is 10.2. The molecule has 21 heavy (non-hydrogen) atoms. The number of nitrogen functional groups attached to an aromatic ring is 1. The molecule has 0 aromatic carbocycles. The van der Waals surface area contributed by atoms with Gasteiger partial charge in [0.15, 0.2) is 0 Å². The third kappa shape index (κ3) is 4.13. The monoisotopic (exact) mass is 316 g/mol. The van der Waals surface area contributed by atoms with E-state index < -0.39 is 10.0 Å². The van der Waals surface area contributed by atoms with Crippen LogP contribution in [0, 0.1) is 0 Å². The molecule has 1 heterocycles. The van der Waals surface area contributed by atoms with Crippen molar-refractivity contribution >= 4 is 15.7 Å². The third-order valence-electron chi connectivity index (χ3n) is 3.39. The summed E-state index contributed by atoms with van der Waals surface area (Å²) in [6.07, 6.45) is 4.26. The average molecular weight is 316 g/mol. The fraction of sp³-hybridized carbons (Fsp3) is 0.615. The molecule has 0 spiro atoms. The van der Waals surface area contributed by atoms with E-state index in [0.717, 1.165) is 12.8 Å². The van der Waals surface area contributed by atoms with Crippen LogP contribution in [0.5, 0.6) is 0 Å². The lowest BCUT2D eigenvalue weighted by Gasteiger charge is -2.29. The highest BCUT2D eigenvalue weighted by Gasteiger charge is 2.31. The summed E-state index contributed by atoms with van der Waals surface area (Å²) in [5.74, 6) is 5.40. The zero-order valence-corrected chi connectivity index (χ0v) is 13.6. The Morgan fingerprint density at radius 2 is 2.10 bits per heavy atom. The number of methoxy groups -OCH3 is 1. The summed E-state index contributed by atoms with van der Waals surface area (Å²) in [7, 11) is -2.14. The fourth-order valence-corrected chi connectivity index (χ4v) is 4.06. The molecule has 0 unspecified atom stereocenters. The normalized spacial score (nSPS) is 12.1. The maximum Gasteiger partial charge on any atom is 0.247 e. The van der Waals surface area contributed by atoms with Gasteiger partial charge in [-0.1, -0.05) is 13.8 Å². The van der Waals surface area contributed by atoms with Gasteiger partial charge in [-0.15, -0.1) is 0 Å². The van der Waals surface area contributed by atoms with Crippen LogP contribution in [0.4, 0.5) is 5.69 Å². The number of nitrogens with zero attached hydrogens (tertiary/aromatic N) is 2.